The van der Waals surface area contributed by atoms with E-state index in [2.05, 4.69) is 4.90 Å². The Morgan fingerprint density at radius 3 is 2.59 bits per heavy atom. The fourth-order valence-corrected chi connectivity index (χ4v) is 7.79. The van der Waals surface area contributed by atoms with Gasteiger partial charge in [-0.3, -0.25) is 9.48 Å². The van der Waals surface area contributed by atoms with E-state index in [0.29, 0.717) is 49.0 Å². The standard InChI is InChI=1S/C26H33FN4O5S/c27-22-3-1-2-20-24-21(17-37(33,34)25(20)22)23(26(32)30-10-14-36-15-11-30)28-31(24)19-5-9-29(16-19)8-4-18-6-12-35-13-7-18/h1-3,18-19H,4-17H2/t19-/m0/s1. The zero-order valence-electron chi connectivity index (χ0n) is 20.9. The minimum Gasteiger partial charge on any atom is -0.381 e. The molecule has 11 heteroatoms. The van der Waals surface area contributed by atoms with E-state index in [0.717, 1.165) is 58.5 Å². The molecule has 1 aromatic heterocycles. The van der Waals surface area contributed by atoms with Crippen LogP contribution in [0.1, 0.15) is 47.8 Å². The Hall–Kier alpha value is -2.34. The lowest BCUT2D eigenvalue weighted by Crippen LogP contribution is -2.41. The van der Waals surface area contributed by atoms with E-state index in [9.17, 15) is 17.6 Å². The van der Waals surface area contributed by atoms with Crippen LogP contribution in [0.3, 0.4) is 0 Å². The highest BCUT2D eigenvalue weighted by atomic mass is 32.2. The molecule has 0 N–H and O–H groups in total. The number of aromatic nitrogens is 2. The SMILES string of the molecule is O=C(c1nn([C@H]2CCN(CCC3CCOCC3)C2)c2c1CS(=O)(=O)c1c(F)cccc1-2)N1CCOCC1. The van der Waals surface area contributed by atoms with E-state index in [4.69, 9.17) is 14.6 Å². The van der Waals surface area contributed by atoms with Gasteiger partial charge in [0, 0.05) is 50.5 Å². The third kappa shape index (κ3) is 4.71. The molecule has 9 nitrogen and oxygen atoms in total. The molecule has 0 unspecified atom stereocenters. The number of benzene rings is 1. The first kappa shape index (κ1) is 25.0. The molecule has 0 aliphatic carbocycles. The molecule has 200 valence electrons. The molecule has 3 saturated heterocycles. The van der Waals surface area contributed by atoms with Gasteiger partial charge in [0.05, 0.1) is 30.7 Å². The van der Waals surface area contributed by atoms with E-state index in [1.165, 1.54) is 12.1 Å². The van der Waals surface area contributed by atoms with Gasteiger partial charge in [0.15, 0.2) is 15.5 Å². The summed E-state index contributed by atoms with van der Waals surface area (Å²) in [4.78, 5) is 17.3. The molecule has 5 heterocycles. The van der Waals surface area contributed by atoms with E-state index in [1.54, 1.807) is 11.0 Å². The maximum atomic E-state index is 14.9. The molecule has 3 fully saturated rings. The third-order valence-corrected chi connectivity index (χ3v) is 9.87. The van der Waals surface area contributed by atoms with E-state index < -0.39 is 21.4 Å². The van der Waals surface area contributed by atoms with Crippen molar-refractivity contribution in [1.29, 1.82) is 0 Å². The third-order valence-electron chi connectivity index (χ3n) is 8.16. The Morgan fingerprint density at radius 1 is 1.05 bits per heavy atom. The molecule has 0 radical (unpaired) electrons. The Labute approximate surface area is 216 Å². The van der Waals surface area contributed by atoms with Gasteiger partial charge in [0.1, 0.15) is 10.7 Å². The molecule has 6 rings (SSSR count). The van der Waals surface area contributed by atoms with Gasteiger partial charge in [-0.25, -0.2) is 12.8 Å². The Bertz CT molecular complexity index is 1280. The van der Waals surface area contributed by atoms with Crippen LogP contribution in [0.15, 0.2) is 23.1 Å². The van der Waals surface area contributed by atoms with Crippen LogP contribution in [0.25, 0.3) is 11.3 Å². The normalized spacial score (nSPS) is 24.1. The van der Waals surface area contributed by atoms with Crippen molar-refractivity contribution in [3.63, 3.8) is 0 Å². The summed E-state index contributed by atoms with van der Waals surface area (Å²) in [5, 5.41) is 4.78. The molecule has 0 saturated carbocycles. The van der Waals surface area contributed by atoms with Crippen LogP contribution >= 0.6 is 0 Å². The number of fused-ring (bicyclic) bond motifs is 3. The van der Waals surface area contributed by atoms with Crippen molar-refractivity contribution in [3.05, 3.63) is 35.3 Å². The van der Waals surface area contributed by atoms with Crippen molar-refractivity contribution in [2.45, 2.75) is 42.4 Å². The summed E-state index contributed by atoms with van der Waals surface area (Å²) in [7, 11) is -3.96. The molecular formula is C26H33FN4O5S. The molecule has 0 spiro atoms. The summed E-state index contributed by atoms with van der Waals surface area (Å²) in [6.45, 7) is 6.07. The van der Waals surface area contributed by atoms with Gasteiger partial charge in [-0.15, -0.1) is 0 Å². The van der Waals surface area contributed by atoms with Gasteiger partial charge < -0.3 is 19.3 Å². The maximum absolute atomic E-state index is 14.9. The quantitative estimate of drug-likeness (QED) is 0.584. The minimum atomic E-state index is -3.96. The number of hydrogen-bond acceptors (Lipinski definition) is 7. The topological polar surface area (TPSA) is 94.0 Å². The van der Waals surface area contributed by atoms with E-state index >= 15 is 0 Å². The van der Waals surface area contributed by atoms with Gasteiger partial charge in [-0.1, -0.05) is 12.1 Å². The number of carbonyl (C=O) groups is 1. The van der Waals surface area contributed by atoms with Crippen molar-refractivity contribution in [3.8, 4) is 11.3 Å². The monoisotopic (exact) mass is 532 g/mol. The number of morpholine rings is 1. The Kier molecular flexibility index (Phi) is 6.81. The summed E-state index contributed by atoms with van der Waals surface area (Å²) in [6, 6.07) is 4.31. The number of hydrogen-bond donors (Lipinski definition) is 0. The largest absolute Gasteiger partial charge is 0.381 e. The van der Waals surface area contributed by atoms with Crippen molar-refractivity contribution in [1.82, 2.24) is 19.6 Å². The number of ether oxygens (including phenoxy) is 2. The molecule has 1 amide bonds. The summed E-state index contributed by atoms with van der Waals surface area (Å²) in [5.74, 6) is -0.797. The summed E-state index contributed by atoms with van der Waals surface area (Å²) < 4.78 is 53.9. The maximum Gasteiger partial charge on any atom is 0.274 e. The second-order valence-corrected chi connectivity index (χ2v) is 12.4. The first-order valence-electron chi connectivity index (χ1n) is 13.2. The average molecular weight is 533 g/mol. The fraction of sp³-hybridized carbons (Fsp3) is 0.615. The average Bonchev–Trinajstić information content (AvgIpc) is 3.52. The van der Waals surface area contributed by atoms with Crippen molar-refractivity contribution < 1.29 is 27.1 Å². The second-order valence-electron chi connectivity index (χ2n) is 10.5. The van der Waals surface area contributed by atoms with Gasteiger partial charge in [-0.2, -0.15) is 5.10 Å². The molecule has 2 aromatic rings. The van der Waals surface area contributed by atoms with Crippen LogP contribution in [0, 0.1) is 11.7 Å². The highest BCUT2D eigenvalue weighted by Gasteiger charge is 2.40. The summed E-state index contributed by atoms with van der Waals surface area (Å²) >= 11 is 0. The predicted molar refractivity (Wildman–Crippen MR) is 133 cm³/mol. The molecule has 0 bridgehead atoms. The number of halogens is 1. The summed E-state index contributed by atoms with van der Waals surface area (Å²) in [6.07, 6.45) is 4.17. The van der Waals surface area contributed by atoms with Crippen LogP contribution in [0.2, 0.25) is 0 Å². The predicted octanol–water partition coefficient (Wildman–Crippen LogP) is 2.51. The number of sulfone groups is 1. The molecular weight excluding hydrogens is 499 g/mol. The number of likely N-dealkylation sites (tertiary alicyclic amines) is 1. The van der Waals surface area contributed by atoms with Crippen molar-refractivity contribution >= 4 is 15.7 Å². The van der Waals surface area contributed by atoms with Gasteiger partial charge in [0.2, 0.25) is 0 Å². The van der Waals surface area contributed by atoms with Crippen LogP contribution in [0.4, 0.5) is 4.39 Å². The smallest absolute Gasteiger partial charge is 0.274 e. The highest BCUT2D eigenvalue weighted by molar-refractivity contribution is 7.91. The van der Waals surface area contributed by atoms with Gasteiger partial charge >= 0.3 is 0 Å². The highest BCUT2D eigenvalue weighted by Crippen LogP contribution is 2.43. The van der Waals surface area contributed by atoms with Crippen LogP contribution in [0.5, 0.6) is 0 Å². The van der Waals surface area contributed by atoms with Crippen LogP contribution in [-0.2, 0) is 25.1 Å². The molecule has 1 atom stereocenters. The number of nitrogens with zero attached hydrogens (tertiary/aromatic N) is 4. The second kappa shape index (κ2) is 10.1. The van der Waals surface area contributed by atoms with Crippen LogP contribution in [-0.4, -0.2) is 93.1 Å². The first-order chi connectivity index (χ1) is 17.9. The van der Waals surface area contributed by atoms with Crippen LogP contribution < -0.4 is 0 Å². The zero-order chi connectivity index (χ0) is 25.6. The lowest BCUT2D eigenvalue weighted by molar-refractivity contribution is 0.0297. The van der Waals surface area contributed by atoms with Gasteiger partial charge in [-0.05, 0) is 44.2 Å². The molecule has 37 heavy (non-hydrogen) atoms. The van der Waals surface area contributed by atoms with Crippen molar-refractivity contribution in [2.75, 3.05) is 59.2 Å². The van der Waals surface area contributed by atoms with Crippen molar-refractivity contribution in [2.24, 2.45) is 5.92 Å². The zero-order valence-corrected chi connectivity index (χ0v) is 21.7. The van der Waals surface area contributed by atoms with Gasteiger partial charge in [0.25, 0.3) is 5.91 Å². The van der Waals surface area contributed by atoms with E-state index in [-0.39, 0.29) is 22.5 Å². The lowest BCUT2D eigenvalue weighted by atomic mass is 9.96. The number of carbonyl (C=O) groups excluding carboxylic acids is 1. The van der Waals surface area contributed by atoms with E-state index in [1.807, 2.05) is 4.68 Å². The fourth-order valence-electron chi connectivity index (χ4n) is 6.13. The summed E-state index contributed by atoms with van der Waals surface area (Å²) in [5.41, 5.74) is 1.42. The first-order valence-corrected chi connectivity index (χ1v) is 14.9. The molecule has 1 aromatic carbocycles. The molecule has 4 aliphatic heterocycles. The lowest BCUT2D eigenvalue weighted by Gasteiger charge is -2.26. The molecule has 4 aliphatic rings. The minimum absolute atomic E-state index is 0.0217. The number of amides is 1. The number of rotatable bonds is 5. The Morgan fingerprint density at radius 2 is 1.81 bits per heavy atom. The Balaban J connectivity index is 1.34.